The van der Waals surface area contributed by atoms with E-state index in [1.807, 2.05) is 6.92 Å². The van der Waals surface area contributed by atoms with Crippen LogP contribution in [0.3, 0.4) is 0 Å². The van der Waals surface area contributed by atoms with Gasteiger partial charge in [0.1, 0.15) is 12.4 Å². The SMILES string of the molecule is COC(=O)c1ccc(OCCN2CCCC[C@H]2[C@@H](C)O)c(Cl)c1. The monoisotopic (exact) mass is 341 g/mol. The zero-order valence-electron chi connectivity index (χ0n) is 13.6. The largest absolute Gasteiger partial charge is 0.491 e. The Bertz CT molecular complexity index is 535. The van der Waals surface area contributed by atoms with Gasteiger partial charge in [-0.1, -0.05) is 18.0 Å². The number of carbonyl (C=O) groups excluding carboxylic acids is 1. The lowest BCUT2D eigenvalue weighted by Crippen LogP contribution is -2.47. The van der Waals surface area contributed by atoms with Gasteiger partial charge in [-0.05, 0) is 44.5 Å². The number of carbonyl (C=O) groups is 1. The number of aliphatic hydroxyl groups is 1. The maximum Gasteiger partial charge on any atom is 0.337 e. The lowest BCUT2D eigenvalue weighted by Gasteiger charge is -2.37. The van der Waals surface area contributed by atoms with E-state index in [2.05, 4.69) is 9.64 Å². The van der Waals surface area contributed by atoms with E-state index in [0.29, 0.717) is 22.9 Å². The Hall–Kier alpha value is -1.30. The van der Waals surface area contributed by atoms with Gasteiger partial charge in [0.2, 0.25) is 0 Å². The first-order valence-corrected chi connectivity index (χ1v) is 8.33. The number of methoxy groups -OCH3 is 1. The highest BCUT2D eigenvalue weighted by Gasteiger charge is 2.25. The molecule has 1 N–H and O–H groups in total. The minimum atomic E-state index is -0.424. The Morgan fingerprint density at radius 1 is 1.48 bits per heavy atom. The van der Waals surface area contributed by atoms with Gasteiger partial charge in [0, 0.05) is 12.6 Å². The molecular formula is C17H24ClNO4. The molecule has 0 unspecified atom stereocenters. The van der Waals surface area contributed by atoms with E-state index in [0.717, 1.165) is 32.4 Å². The smallest absolute Gasteiger partial charge is 0.337 e. The number of nitrogens with zero attached hydrogens (tertiary/aromatic N) is 1. The fourth-order valence-corrected chi connectivity index (χ4v) is 3.21. The summed E-state index contributed by atoms with van der Waals surface area (Å²) >= 11 is 6.14. The molecule has 0 aromatic heterocycles. The summed E-state index contributed by atoms with van der Waals surface area (Å²) in [5, 5.41) is 10.3. The summed E-state index contributed by atoms with van der Waals surface area (Å²) in [7, 11) is 1.33. The number of hydrogen-bond donors (Lipinski definition) is 1. The molecule has 2 atom stereocenters. The van der Waals surface area contributed by atoms with Gasteiger partial charge < -0.3 is 14.6 Å². The van der Waals surface area contributed by atoms with E-state index in [1.165, 1.54) is 7.11 Å². The molecule has 1 aromatic carbocycles. The molecule has 0 aliphatic carbocycles. The van der Waals surface area contributed by atoms with Crippen molar-refractivity contribution >= 4 is 17.6 Å². The molecule has 2 rings (SSSR count). The van der Waals surface area contributed by atoms with Gasteiger partial charge in [-0.2, -0.15) is 0 Å². The van der Waals surface area contributed by atoms with Crippen LogP contribution < -0.4 is 4.74 Å². The van der Waals surface area contributed by atoms with Crippen LogP contribution in [0.2, 0.25) is 5.02 Å². The van der Waals surface area contributed by atoms with Crippen molar-refractivity contribution in [3.8, 4) is 5.75 Å². The van der Waals surface area contributed by atoms with Crippen molar-refractivity contribution in [2.75, 3.05) is 26.8 Å². The van der Waals surface area contributed by atoms with Crippen LogP contribution in [0.1, 0.15) is 36.5 Å². The van der Waals surface area contributed by atoms with Crippen LogP contribution in [0.15, 0.2) is 18.2 Å². The Balaban J connectivity index is 1.89. The van der Waals surface area contributed by atoms with Crippen LogP contribution in [0.4, 0.5) is 0 Å². The summed E-state index contributed by atoms with van der Waals surface area (Å²) in [5.74, 6) is 0.122. The normalized spacial score (nSPS) is 20.1. The Morgan fingerprint density at radius 3 is 2.91 bits per heavy atom. The molecule has 1 fully saturated rings. The first-order valence-electron chi connectivity index (χ1n) is 7.95. The topological polar surface area (TPSA) is 59.0 Å². The standard InChI is InChI=1S/C17H24ClNO4/c1-12(20)15-5-3-4-8-19(15)9-10-23-16-7-6-13(11-14(16)18)17(21)22-2/h6-7,11-12,15,20H,3-5,8-10H2,1-2H3/t12-,15+/m1/s1. The van der Waals surface area contributed by atoms with Crippen LogP contribution in [0.25, 0.3) is 0 Å². The predicted molar refractivity (Wildman–Crippen MR) is 89.2 cm³/mol. The van der Waals surface area contributed by atoms with Gasteiger partial charge in [-0.25, -0.2) is 4.79 Å². The highest BCUT2D eigenvalue weighted by molar-refractivity contribution is 6.32. The summed E-state index contributed by atoms with van der Waals surface area (Å²) in [4.78, 5) is 13.7. The average molecular weight is 342 g/mol. The van der Waals surface area contributed by atoms with Crippen LogP contribution >= 0.6 is 11.6 Å². The molecule has 0 amide bonds. The predicted octanol–water partition coefficient (Wildman–Crippen LogP) is 2.74. The van der Waals surface area contributed by atoms with Gasteiger partial charge in [-0.15, -0.1) is 0 Å². The number of piperidine rings is 1. The van der Waals surface area contributed by atoms with E-state index < -0.39 is 5.97 Å². The van der Waals surface area contributed by atoms with Crippen LogP contribution in [0.5, 0.6) is 5.75 Å². The Morgan fingerprint density at radius 2 is 2.26 bits per heavy atom. The van der Waals surface area contributed by atoms with Gasteiger partial charge >= 0.3 is 5.97 Å². The summed E-state index contributed by atoms with van der Waals surface area (Å²) in [6.07, 6.45) is 3.00. The number of benzene rings is 1. The molecule has 1 heterocycles. The summed E-state index contributed by atoms with van der Waals surface area (Å²) < 4.78 is 10.4. The van der Waals surface area contributed by atoms with Crippen LogP contribution in [-0.2, 0) is 4.74 Å². The molecule has 1 aromatic rings. The number of esters is 1. The van der Waals surface area contributed by atoms with E-state index in [4.69, 9.17) is 16.3 Å². The van der Waals surface area contributed by atoms with Gasteiger partial charge in [0.25, 0.3) is 0 Å². The van der Waals surface area contributed by atoms with Crippen molar-refractivity contribution in [3.05, 3.63) is 28.8 Å². The number of ether oxygens (including phenoxy) is 2. The van der Waals surface area contributed by atoms with Crippen molar-refractivity contribution in [2.45, 2.75) is 38.3 Å². The number of hydrogen-bond acceptors (Lipinski definition) is 5. The number of rotatable bonds is 6. The number of likely N-dealkylation sites (tertiary alicyclic amines) is 1. The van der Waals surface area contributed by atoms with E-state index in [-0.39, 0.29) is 12.1 Å². The molecule has 1 saturated heterocycles. The summed E-state index contributed by atoms with van der Waals surface area (Å²) in [6.45, 7) is 4.05. The molecule has 128 valence electrons. The number of aliphatic hydroxyl groups excluding tert-OH is 1. The van der Waals surface area contributed by atoms with Crippen LogP contribution in [-0.4, -0.2) is 54.9 Å². The zero-order valence-corrected chi connectivity index (χ0v) is 14.4. The van der Waals surface area contributed by atoms with Crippen molar-refractivity contribution < 1.29 is 19.4 Å². The lowest BCUT2D eigenvalue weighted by atomic mass is 9.98. The third-order valence-corrected chi connectivity index (χ3v) is 4.51. The first kappa shape index (κ1) is 18.0. The van der Waals surface area contributed by atoms with Crippen molar-refractivity contribution in [1.82, 2.24) is 4.90 Å². The lowest BCUT2D eigenvalue weighted by molar-refractivity contribution is 0.0293. The van der Waals surface area contributed by atoms with E-state index in [1.54, 1.807) is 18.2 Å². The van der Waals surface area contributed by atoms with Gasteiger partial charge in [0.05, 0.1) is 23.8 Å². The summed E-state index contributed by atoms with van der Waals surface area (Å²) in [6, 6.07) is 5.05. The highest BCUT2D eigenvalue weighted by atomic mass is 35.5. The van der Waals surface area contributed by atoms with Gasteiger partial charge in [-0.3, -0.25) is 4.90 Å². The zero-order chi connectivity index (χ0) is 16.8. The van der Waals surface area contributed by atoms with E-state index >= 15 is 0 Å². The summed E-state index contributed by atoms with van der Waals surface area (Å²) in [5.41, 5.74) is 0.398. The van der Waals surface area contributed by atoms with Crippen molar-refractivity contribution in [3.63, 3.8) is 0 Å². The maximum absolute atomic E-state index is 11.4. The van der Waals surface area contributed by atoms with Crippen LogP contribution in [0, 0.1) is 0 Å². The maximum atomic E-state index is 11.4. The molecule has 0 radical (unpaired) electrons. The minimum absolute atomic E-state index is 0.199. The number of halogens is 1. The average Bonchev–Trinajstić information content (AvgIpc) is 2.55. The second-order valence-corrected chi connectivity index (χ2v) is 6.23. The Kier molecular flexibility index (Phi) is 6.69. The highest BCUT2D eigenvalue weighted by Crippen LogP contribution is 2.26. The Labute approximate surface area is 142 Å². The minimum Gasteiger partial charge on any atom is -0.491 e. The third kappa shape index (κ3) is 4.83. The fraction of sp³-hybridized carbons (Fsp3) is 0.588. The second-order valence-electron chi connectivity index (χ2n) is 5.82. The first-order chi connectivity index (χ1) is 11.0. The second kappa shape index (κ2) is 8.52. The van der Waals surface area contributed by atoms with Crippen molar-refractivity contribution in [2.24, 2.45) is 0 Å². The van der Waals surface area contributed by atoms with Crippen molar-refractivity contribution in [1.29, 1.82) is 0 Å². The molecule has 1 aliphatic rings. The molecule has 0 bridgehead atoms. The molecule has 6 heteroatoms. The molecule has 5 nitrogen and oxygen atoms in total. The molecule has 0 saturated carbocycles. The quantitative estimate of drug-likeness (QED) is 0.806. The fourth-order valence-electron chi connectivity index (χ4n) is 2.98. The van der Waals surface area contributed by atoms with Gasteiger partial charge in [0.15, 0.2) is 0 Å². The molecule has 1 aliphatic heterocycles. The third-order valence-electron chi connectivity index (χ3n) is 4.21. The van der Waals surface area contributed by atoms with E-state index in [9.17, 15) is 9.90 Å². The molecular weight excluding hydrogens is 318 g/mol. The molecule has 23 heavy (non-hydrogen) atoms. The molecule has 0 spiro atoms.